The molecule has 0 aromatic carbocycles. The van der Waals surface area contributed by atoms with Gasteiger partial charge in [0.05, 0.1) is 7.11 Å². The van der Waals surface area contributed by atoms with Gasteiger partial charge in [0.2, 0.25) is 0 Å². The third kappa shape index (κ3) is 12.9. The van der Waals surface area contributed by atoms with E-state index in [1.165, 1.54) is 0 Å². The van der Waals surface area contributed by atoms with Gasteiger partial charge in [-0.1, -0.05) is 5.16 Å². The van der Waals surface area contributed by atoms with E-state index in [1.807, 2.05) is 0 Å². The first-order valence-corrected chi connectivity index (χ1v) is 13.7. The monoisotopic (exact) mass is 622 g/mol. The molecule has 17 heteroatoms. The van der Waals surface area contributed by atoms with Crippen LogP contribution < -0.4 is 5.32 Å². The normalized spacial score (nSPS) is 23.0. The van der Waals surface area contributed by atoms with Crippen molar-refractivity contribution in [2.24, 2.45) is 5.16 Å². The molecular formula is C25H38N2O14S. The molecule has 0 saturated carbocycles. The number of hydrogen-bond acceptors (Lipinski definition) is 16. The van der Waals surface area contributed by atoms with Gasteiger partial charge in [-0.05, 0) is 20.8 Å². The fraction of sp³-hybridized carbons (Fsp3) is 0.720. The Kier molecular flexibility index (Phi) is 14.5. The van der Waals surface area contributed by atoms with E-state index in [9.17, 15) is 34.0 Å². The highest BCUT2D eigenvalue weighted by atomic mass is 32.2. The Morgan fingerprint density at radius 1 is 0.881 bits per heavy atom. The number of nitrogens with one attached hydrogen (secondary N) is 1. The van der Waals surface area contributed by atoms with Crippen LogP contribution in [0.4, 0.5) is 4.79 Å². The van der Waals surface area contributed by atoms with Gasteiger partial charge in [-0.2, -0.15) is 0 Å². The van der Waals surface area contributed by atoms with Crippen molar-refractivity contribution in [2.75, 3.05) is 19.5 Å². The largest absolute Gasteiger partial charge is 0.467 e. The number of carbonyl (C=O) groups is 6. The van der Waals surface area contributed by atoms with Crippen LogP contribution in [0, 0.1) is 0 Å². The number of ether oxygens (including phenoxy) is 7. The lowest BCUT2D eigenvalue weighted by Crippen LogP contribution is -2.62. The molecule has 1 fully saturated rings. The number of thioether (sulfide) groups is 1. The van der Waals surface area contributed by atoms with Gasteiger partial charge in [-0.15, -0.1) is 11.8 Å². The summed E-state index contributed by atoms with van der Waals surface area (Å²) in [6.07, 6.45) is -7.70. The molecule has 0 aromatic heterocycles. The lowest BCUT2D eigenvalue weighted by Gasteiger charge is -2.44. The quantitative estimate of drug-likeness (QED) is 0.0824. The summed E-state index contributed by atoms with van der Waals surface area (Å²) >= 11 is 0.824. The Morgan fingerprint density at radius 3 is 1.86 bits per heavy atom. The van der Waals surface area contributed by atoms with Gasteiger partial charge in [-0.25, -0.2) is 9.59 Å². The minimum atomic E-state index is -1.41. The zero-order valence-corrected chi connectivity index (χ0v) is 25.5. The van der Waals surface area contributed by atoms with Gasteiger partial charge in [0.15, 0.2) is 18.3 Å². The lowest BCUT2D eigenvalue weighted by atomic mass is 9.92. The predicted molar refractivity (Wildman–Crippen MR) is 143 cm³/mol. The summed E-state index contributed by atoms with van der Waals surface area (Å²) < 4.78 is 37.0. The smallest absolute Gasteiger partial charge is 0.408 e. The van der Waals surface area contributed by atoms with Crippen molar-refractivity contribution in [1.29, 1.82) is 0 Å². The van der Waals surface area contributed by atoms with E-state index in [2.05, 4.69) is 10.5 Å². The van der Waals surface area contributed by atoms with E-state index >= 15 is 0 Å². The Bertz CT molecular complexity index is 1030. The van der Waals surface area contributed by atoms with Crippen LogP contribution in [0.15, 0.2) is 5.16 Å². The van der Waals surface area contributed by atoms with Crippen LogP contribution in [0.5, 0.6) is 0 Å². The van der Waals surface area contributed by atoms with Crippen LogP contribution >= 0.6 is 11.8 Å². The van der Waals surface area contributed by atoms with Crippen molar-refractivity contribution in [3.05, 3.63) is 0 Å². The zero-order valence-electron chi connectivity index (χ0n) is 24.7. The van der Waals surface area contributed by atoms with Crippen molar-refractivity contribution < 1.29 is 67.1 Å². The second-order valence-electron chi connectivity index (χ2n) is 9.97. The molecule has 238 valence electrons. The number of nitrogens with zero attached hydrogens (tertiary/aromatic N) is 1. The SMILES string of the molecule is COC(=O)[C@@H](CS/C(C[C@H]1O[C@H](COC(C)=O)[C@H](OC(C)=O)[C@H](OC(C)=O)[C@H]1OC(C)=O)=N\O)NC(=O)OC(C)(C)C. The maximum absolute atomic E-state index is 12.3. The molecule has 1 rings (SSSR count). The molecular weight excluding hydrogens is 584 g/mol. The molecule has 0 radical (unpaired) electrons. The van der Waals surface area contributed by atoms with E-state index in [-0.39, 0.29) is 17.2 Å². The molecule has 0 aromatic rings. The summed E-state index contributed by atoms with van der Waals surface area (Å²) in [6.45, 7) is 8.89. The van der Waals surface area contributed by atoms with Crippen molar-refractivity contribution in [1.82, 2.24) is 5.32 Å². The van der Waals surface area contributed by atoms with E-state index in [0.29, 0.717) is 0 Å². The third-order valence-corrected chi connectivity index (χ3v) is 6.25. The Hall–Kier alpha value is -3.60. The minimum Gasteiger partial charge on any atom is -0.467 e. The fourth-order valence-corrected chi connectivity index (χ4v) is 4.64. The van der Waals surface area contributed by atoms with Crippen LogP contribution in [0.2, 0.25) is 0 Å². The number of alkyl carbamates (subject to hydrolysis) is 1. The van der Waals surface area contributed by atoms with Gasteiger partial charge in [0.25, 0.3) is 0 Å². The van der Waals surface area contributed by atoms with E-state index < -0.39 is 84.7 Å². The summed E-state index contributed by atoms with van der Waals surface area (Å²) in [6, 6.07) is -1.22. The molecule has 2 N–H and O–H groups in total. The molecule has 0 bridgehead atoms. The Balaban J connectivity index is 3.29. The topological polar surface area (TPSA) is 212 Å². The van der Waals surface area contributed by atoms with E-state index in [0.717, 1.165) is 46.6 Å². The number of hydrogen-bond donors (Lipinski definition) is 2. The third-order valence-electron chi connectivity index (χ3n) is 5.17. The molecule has 1 saturated heterocycles. The van der Waals surface area contributed by atoms with Crippen LogP contribution in [0.1, 0.15) is 54.9 Å². The van der Waals surface area contributed by atoms with E-state index in [4.69, 9.17) is 33.2 Å². The molecule has 42 heavy (non-hydrogen) atoms. The summed E-state index contributed by atoms with van der Waals surface area (Å²) in [4.78, 5) is 71.9. The first-order chi connectivity index (χ1) is 19.5. The van der Waals surface area contributed by atoms with Gasteiger partial charge in [0.1, 0.15) is 35.5 Å². The summed E-state index contributed by atoms with van der Waals surface area (Å²) in [5.41, 5.74) is -0.843. The predicted octanol–water partition coefficient (Wildman–Crippen LogP) is 1.09. The molecule has 16 nitrogen and oxygen atoms in total. The highest BCUT2D eigenvalue weighted by Gasteiger charge is 2.52. The maximum Gasteiger partial charge on any atom is 0.408 e. The number of esters is 5. The molecule has 0 spiro atoms. The highest BCUT2D eigenvalue weighted by Crippen LogP contribution is 2.32. The zero-order chi connectivity index (χ0) is 32.2. The molecule has 1 amide bonds. The molecule has 0 unspecified atom stereocenters. The Morgan fingerprint density at radius 2 is 1.40 bits per heavy atom. The standard InChI is InChI=1S/C25H38N2O14S/c1-12(28)36-10-18-21(38-14(3)30)22(39-15(4)31)20(37-13(2)29)17(40-18)9-19(27-34)42-11-16(23(32)35-8)26-24(33)41-25(5,6)7/h16-18,20-22,34H,9-11H2,1-8H3,(H,26,33)/b27-19-/t16-,17-,18-,20+,21+,22-/m1/s1. The lowest BCUT2D eigenvalue weighted by molar-refractivity contribution is -0.251. The summed E-state index contributed by atoms with van der Waals surface area (Å²) in [5.74, 6) is -4.06. The average molecular weight is 623 g/mol. The van der Waals surface area contributed by atoms with Gasteiger partial charge >= 0.3 is 35.9 Å². The van der Waals surface area contributed by atoms with E-state index in [1.54, 1.807) is 20.8 Å². The number of rotatable bonds is 11. The first-order valence-electron chi connectivity index (χ1n) is 12.7. The van der Waals surface area contributed by atoms with Crippen LogP contribution in [0.25, 0.3) is 0 Å². The maximum atomic E-state index is 12.3. The van der Waals surface area contributed by atoms with Crippen LogP contribution in [0.3, 0.4) is 0 Å². The van der Waals surface area contributed by atoms with Gasteiger partial charge in [0, 0.05) is 39.9 Å². The van der Waals surface area contributed by atoms with Gasteiger partial charge in [-0.3, -0.25) is 19.2 Å². The number of oxime groups is 1. The molecule has 6 atom stereocenters. The second-order valence-corrected chi connectivity index (χ2v) is 11.1. The number of carbonyl (C=O) groups excluding carboxylic acids is 6. The molecule has 0 aliphatic carbocycles. The van der Waals surface area contributed by atoms with Crippen molar-refractivity contribution in [3.63, 3.8) is 0 Å². The number of methoxy groups -OCH3 is 1. The highest BCUT2D eigenvalue weighted by molar-refractivity contribution is 8.14. The summed E-state index contributed by atoms with van der Waals surface area (Å²) in [5, 5.41) is 15.3. The molecule has 1 heterocycles. The fourth-order valence-electron chi connectivity index (χ4n) is 3.72. The van der Waals surface area contributed by atoms with Gasteiger partial charge < -0.3 is 43.7 Å². The number of amides is 1. The minimum absolute atomic E-state index is 0.0595. The van der Waals surface area contributed by atoms with Crippen LogP contribution in [-0.4, -0.2) is 108 Å². The Labute approximate surface area is 247 Å². The second kappa shape index (κ2) is 16.7. The average Bonchev–Trinajstić information content (AvgIpc) is 2.85. The first kappa shape index (κ1) is 36.4. The summed E-state index contributed by atoms with van der Waals surface area (Å²) in [7, 11) is 1.12. The molecule has 1 aliphatic rings. The van der Waals surface area contributed by atoms with Crippen LogP contribution in [-0.2, 0) is 57.1 Å². The molecule has 1 aliphatic heterocycles. The van der Waals surface area contributed by atoms with Crippen molar-refractivity contribution in [2.45, 2.75) is 97.0 Å². The van der Waals surface area contributed by atoms with Crippen molar-refractivity contribution >= 4 is 52.7 Å². The van der Waals surface area contributed by atoms with Crippen molar-refractivity contribution in [3.8, 4) is 0 Å².